The van der Waals surface area contributed by atoms with Crippen molar-refractivity contribution in [3.8, 4) is 0 Å². The minimum atomic E-state index is -4.75. The molecule has 1 saturated heterocycles. The van der Waals surface area contributed by atoms with Crippen molar-refractivity contribution in [2.45, 2.75) is 67.6 Å². The lowest BCUT2D eigenvalue weighted by Gasteiger charge is -2.32. The lowest BCUT2D eigenvalue weighted by Crippen LogP contribution is -2.36. The molecule has 40 heavy (non-hydrogen) atoms. The van der Waals surface area contributed by atoms with Gasteiger partial charge in [0.1, 0.15) is 22.0 Å². The number of hydrogen-bond acceptors (Lipinski definition) is 8. The van der Waals surface area contributed by atoms with E-state index in [2.05, 4.69) is 15.1 Å². The molecule has 0 radical (unpaired) electrons. The third-order valence-corrected chi connectivity index (χ3v) is 8.37. The first-order chi connectivity index (χ1) is 19.1. The molecule has 8 nitrogen and oxygen atoms in total. The van der Waals surface area contributed by atoms with Gasteiger partial charge in [0.15, 0.2) is 12.1 Å². The van der Waals surface area contributed by atoms with Gasteiger partial charge in [-0.2, -0.15) is 23.0 Å². The SMILES string of the molecule is COC(C)c1nc2c(c(Sc3ccc(F)cc3C(F)(F)F)n1)CCN(c1cnn(C3CCCCO3)c(=O)c1Cl)C2. The highest BCUT2D eigenvalue weighted by Gasteiger charge is 2.35. The summed E-state index contributed by atoms with van der Waals surface area (Å²) >= 11 is 7.34. The predicted molar refractivity (Wildman–Crippen MR) is 140 cm³/mol. The Bertz CT molecular complexity index is 1470. The van der Waals surface area contributed by atoms with Gasteiger partial charge >= 0.3 is 6.18 Å². The molecule has 0 saturated carbocycles. The number of ether oxygens (including phenoxy) is 2. The fraction of sp³-hybridized carbons (Fsp3) is 0.462. The molecule has 0 aliphatic carbocycles. The maximum absolute atomic E-state index is 13.7. The van der Waals surface area contributed by atoms with Crippen LogP contribution in [0.1, 0.15) is 61.2 Å². The van der Waals surface area contributed by atoms with Crippen molar-refractivity contribution in [1.82, 2.24) is 19.7 Å². The molecule has 2 aliphatic heterocycles. The zero-order chi connectivity index (χ0) is 28.6. The van der Waals surface area contributed by atoms with E-state index in [1.165, 1.54) is 18.0 Å². The summed E-state index contributed by atoms with van der Waals surface area (Å²) in [6.45, 7) is 2.88. The van der Waals surface area contributed by atoms with Crippen molar-refractivity contribution >= 4 is 29.1 Å². The van der Waals surface area contributed by atoms with Gasteiger partial charge in [-0.3, -0.25) is 4.79 Å². The second-order valence-electron chi connectivity index (χ2n) is 9.52. The Hall–Kier alpha value is -2.74. The highest BCUT2D eigenvalue weighted by atomic mass is 35.5. The van der Waals surface area contributed by atoms with Gasteiger partial charge in [-0.1, -0.05) is 23.4 Å². The van der Waals surface area contributed by atoms with Crippen molar-refractivity contribution in [1.29, 1.82) is 0 Å². The molecule has 0 bridgehead atoms. The van der Waals surface area contributed by atoms with Gasteiger partial charge in [0.2, 0.25) is 0 Å². The molecule has 1 aromatic carbocycles. The number of nitrogens with zero attached hydrogens (tertiary/aromatic N) is 5. The van der Waals surface area contributed by atoms with Gasteiger partial charge in [-0.15, -0.1) is 0 Å². The molecule has 2 atom stereocenters. The van der Waals surface area contributed by atoms with Crippen molar-refractivity contribution in [2.24, 2.45) is 0 Å². The summed E-state index contributed by atoms with van der Waals surface area (Å²) in [7, 11) is 1.48. The monoisotopic (exact) mass is 599 g/mol. The molecule has 3 aromatic rings. The topological polar surface area (TPSA) is 82.4 Å². The van der Waals surface area contributed by atoms with Crippen molar-refractivity contribution < 1.29 is 27.0 Å². The molecule has 214 valence electrons. The number of methoxy groups -OCH3 is 1. The van der Waals surface area contributed by atoms with E-state index in [1.54, 1.807) is 6.92 Å². The molecule has 0 N–H and O–H groups in total. The third kappa shape index (κ3) is 5.83. The zero-order valence-electron chi connectivity index (χ0n) is 21.7. The van der Waals surface area contributed by atoms with Gasteiger partial charge in [0.05, 0.1) is 29.7 Å². The number of halogens is 5. The quantitative estimate of drug-likeness (QED) is 0.253. The first-order valence-electron chi connectivity index (χ1n) is 12.7. The van der Waals surface area contributed by atoms with Crippen LogP contribution in [0, 0.1) is 5.82 Å². The second kappa shape index (κ2) is 11.6. The van der Waals surface area contributed by atoms with Gasteiger partial charge in [0, 0.05) is 30.7 Å². The van der Waals surface area contributed by atoms with E-state index in [1.807, 2.05) is 4.90 Å². The van der Waals surface area contributed by atoms with Crippen molar-refractivity contribution in [3.05, 3.63) is 68.2 Å². The molecule has 1 fully saturated rings. The van der Waals surface area contributed by atoms with Gasteiger partial charge < -0.3 is 14.4 Å². The number of hydrogen-bond donors (Lipinski definition) is 0. The summed E-state index contributed by atoms with van der Waals surface area (Å²) < 4.78 is 67.1. The molecule has 2 unspecified atom stereocenters. The van der Waals surface area contributed by atoms with Crippen molar-refractivity contribution in [2.75, 3.05) is 25.2 Å². The first kappa shape index (κ1) is 28.8. The molecule has 5 rings (SSSR count). The summed E-state index contributed by atoms with van der Waals surface area (Å²) in [5.74, 6) is -0.691. The number of fused-ring (bicyclic) bond motifs is 1. The largest absolute Gasteiger partial charge is 0.417 e. The number of aromatic nitrogens is 4. The third-order valence-electron chi connectivity index (χ3n) is 6.91. The van der Waals surface area contributed by atoms with Crippen LogP contribution in [-0.2, 0) is 28.6 Å². The molecule has 2 aromatic heterocycles. The molecule has 0 amide bonds. The number of anilines is 1. The highest BCUT2D eigenvalue weighted by Crippen LogP contribution is 2.42. The van der Waals surface area contributed by atoms with E-state index in [0.29, 0.717) is 54.0 Å². The first-order valence-corrected chi connectivity index (χ1v) is 13.9. The minimum Gasteiger partial charge on any atom is -0.374 e. The predicted octanol–water partition coefficient (Wildman–Crippen LogP) is 5.97. The van der Waals surface area contributed by atoms with Gasteiger partial charge in [-0.05, 0) is 50.8 Å². The summed E-state index contributed by atoms with van der Waals surface area (Å²) in [5.41, 5.74) is 0.119. The van der Waals surface area contributed by atoms with E-state index in [4.69, 9.17) is 21.1 Å². The van der Waals surface area contributed by atoms with Crippen LogP contribution in [-0.4, -0.2) is 40.0 Å². The Morgan fingerprint density at radius 3 is 2.75 bits per heavy atom. The normalized spacial score (nSPS) is 18.5. The Kier molecular flexibility index (Phi) is 8.37. The molecule has 2 aliphatic rings. The van der Waals surface area contributed by atoms with Crippen LogP contribution in [0.25, 0.3) is 0 Å². The number of rotatable bonds is 6. The van der Waals surface area contributed by atoms with E-state index in [9.17, 15) is 22.4 Å². The average Bonchev–Trinajstić information content (AvgIpc) is 2.94. The van der Waals surface area contributed by atoms with Crippen LogP contribution >= 0.6 is 23.4 Å². The van der Waals surface area contributed by atoms with Crippen molar-refractivity contribution in [3.63, 3.8) is 0 Å². The zero-order valence-corrected chi connectivity index (χ0v) is 23.2. The van der Waals surface area contributed by atoms with Crippen LogP contribution in [0.2, 0.25) is 5.02 Å². The number of alkyl halides is 3. The Balaban J connectivity index is 1.50. The number of benzene rings is 1. The average molecular weight is 600 g/mol. The van der Waals surface area contributed by atoms with Gasteiger partial charge in [-0.25, -0.2) is 14.4 Å². The lowest BCUT2D eigenvalue weighted by atomic mass is 10.1. The highest BCUT2D eigenvalue weighted by molar-refractivity contribution is 7.99. The maximum Gasteiger partial charge on any atom is 0.417 e. The van der Waals surface area contributed by atoms with E-state index in [0.717, 1.165) is 36.7 Å². The van der Waals surface area contributed by atoms with Crippen LogP contribution in [0.15, 0.2) is 39.1 Å². The standard InChI is InChI=1S/C26H26ClF4N5O3S/c1-14(38-2)23-33-18-13-35(19-12-32-36(25(37)22(19)27)21-5-3-4-10-39-21)9-8-16(18)24(34-23)40-20-7-6-15(28)11-17(20)26(29,30)31/h6-7,11-12,14,21H,3-5,8-10,13H2,1-2H3. The Morgan fingerprint density at radius 2 is 2.05 bits per heavy atom. The lowest BCUT2D eigenvalue weighted by molar-refractivity contribution is -0.139. The minimum absolute atomic E-state index is 0.00268. The molecule has 14 heteroatoms. The molecule has 4 heterocycles. The summed E-state index contributed by atoms with van der Waals surface area (Å²) in [4.78, 5) is 23.9. The van der Waals surface area contributed by atoms with Crippen LogP contribution < -0.4 is 10.5 Å². The van der Waals surface area contributed by atoms with E-state index < -0.39 is 35.4 Å². The molecular formula is C26H26ClF4N5O3S. The smallest absolute Gasteiger partial charge is 0.374 e. The molecular weight excluding hydrogens is 574 g/mol. The second-order valence-corrected chi connectivity index (χ2v) is 10.9. The summed E-state index contributed by atoms with van der Waals surface area (Å²) in [6, 6.07) is 2.56. The van der Waals surface area contributed by atoms with Crippen LogP contribution in [0.4, 0.5) is 23.2 Å². The van der Waals surface area contributed by atoms with Crippen LogP contribution in [0.3, 0.4) is 0 Å². The maximum atomic E-state index is 13.7. The Morgan fingerprint density at radius 1 is 1.25 bits per heavy atom. The van der Waals surface area contributed by atoms with Crippen LogP contribution in [0.5, 0.6) is 0 Å². The molecule has 0 spiro atoms. The Labute approximate surface area is 236 Å². The van der Waals surface area contributed by atoms with E-state index >= 15 is 0 Å². The van der Waals surface area contributed by atoms with Gasteiger partial charge in [0.25, 0.3) is 5.56 Å². The fourth-order valence-electron chi connectivity index (χ4n) is 4.69. The van der Waals surface area contributed by atoms with E-state index in [-0.39, 0.29) is 22.3 Å². The summed E-state index contributed by atoms with van der Waals surface area (Å²) in [6.07, 6.45) is -1.34. The summed E-state index contributed by atoms with van der Waals surface area (Å²) in [5, 5.41) is 4.66. The fourth-order valence-corrected chi connectivity index (χ4v) is 6.05.